The molecule has 2 N–H and O–H groups in total. The van der Waals surface area contributed by atoms with Gasteiger partial charge in [-0.05, 0) is 85.4 Å². The molecule has 0 spiro atoms. The minimum Gasteiger partial charge on any atom is -0.371 e. The van der Waals surface area contributed by atoms with E-state index >= 15 is 0 Å². The molecule has 0 aliphatic carbocycles. The summed E-state index contributed by atoms with van der Waals surface area (Å²) in [6.45, 7) is 7.73. The monoisotopic (exact) mass is 524 g/mol. The van der Waals surface area contributed by atoms with Crippen LogP contribution in [0.4, 0.5) is 21.9 Å². The second kappa shape index (κ2) is 12.4. The number of nitrogens with zero attached hydrogens (tertiary/aromatic N) is 2. The lowest BCUT2D eigenvalue weighted by Gasteiger charge is -2.35. The summed E-state index contributed by atoms with van der Waals surface area (Å²) < 4.78 is 0. The molecule has 0 aromatic heterocycles. The zero-order valence-corrected chi connectivity index (χ0v) is 23.2. The number of hydrogen-bond donors (Lipinski definition) is 2. The molecule has 6 nitrogen and oxygen atoms in total. The summed E-state index contributed by atoms with van der Waals surface area (Å²) in [5.74, 6) is 1.15. The van der Waals surface area contributed by atoms with Crippen molar-refractivity contribution in [1.29, 1.82) is 0 Å². The molecular formula is C33H40N4O2. The second-order valence-corrected chi connectivity index (χ2v) is 11.2. The zero-order valence-electron chi connectivity index (χ0n) is 23.2. The fourth-order valence-electron chi connectivity index (χ4n) is 5.72. The summed E-state index contributed by atoms with van der Waals surface area (Å²) in [6, 6.07) is 24.1. The Morgan fingerprint density at radius 1 is 0.821 bits per heavy atom. The van der Waals surface area contributed by atoms with Crippen molar-refractivity contribution < 1.29 is 9.59 Å². The first kappa shape index (κ1) is 26.8. The molecule has 2 aliphatic heterocycles. The van der Waals surface area contributed by atoms with Gasteiger partial charge in [0, 0.05) is 43.2 Å². The topological polar surface area (TPSA) is 64.7 Å². The number of rotatable bonds is 7. The van der Waals surface area contributed by atoms with Crippen LogP contribution in [0.3, 0.4) is 0 Å². The summed E-state index contributed by atoms with van der Waals surface area (Å²) in [6.07, 6.45) is 5.39. The summed E-state index contributed by atoms with van der Waals surface area (Å²) in [5.41, 5.74) is 5.63. The van der Waals surface area contributed by atoms with Crippen LogP contribution in [0.1, 0.15) is 66.9 Å². The molecule has 204 valence electrons. The number of likely N-dealkylation sites (tertiary alicyclic amines) is 1. The minimum absolute atomic E-state index is 0.0576. The van der Waals surface area contributed by atoms with Crippen LogP contribution in [0.5, 0.6) is 0 Å². The van der Waals surface area contributed by atoms with Crippen LogP contribution in [0.2, 0.25) is 0 Å². The lowest BCUT2D eigenvalue weighted by molar-refractivity contribution is 0.0793. The van der Waals surface area contributed by atoms with E-state index in [0.29, 0.717) is 23.1 Å². The zero-order chi connectivity index (χ0) is 27.2. The van der Waals surface area contributed by atoms with E-state index in [-0.39, 0.29) is 11.9 Å². The predicted octanol–water partition coefficient (Wildman–Crippen LogP) is 7.15. The summed E-state index contributed by atoms with van der Waals surface area (Å²) >= 11 is 0. The van der Waals surface area contributed by atoms with Crippen molar-refractivity contribution in [2.45, 2.75) is 51.9 Å². The van der Waals surface area contributed by atoms with Crippen molar-refractivity contribution in [2.75, 3.05) is 41.7 Å². The van der Waals surface area contributed by atoms with E-state index in [0.717, 1.165) is 69.7 Å². The van der Waals surface area contributed by atoms with Gasteiger partial charge in [0.25, 0.3) is 5.91 Å². The van der Waals surface area contributed by atoms with E-state index in [4.69, 9.17) is 0 Å². The predicted molar refractivity (Wildman–Crippen MR) is 160 cm³/mol. The molecule has 39 heavy (non-hydrogen) atoms. The van der Waals surface area contributed by atoms with Crippen molar-refractivity contribution in [2.24, 2.45) is 5.92 Å². The van der Waals surface area contributed by atoms with Gasteiger partial charge < -0.3 is 20.4 Å². The quantitative estimate of drug-likeness (QED) is 0.345. The Hall–Kier alpha value is -3.80. The Kier molecular flexibility index (Phi) is 8.50. The molecule has 5 rings (SSSR count). The van der Waals surface area contributed by atoms with Crippen LogP contribution in [-0.2, 0) is 6.42 Å². The number of benzene rings is 3. The van der Waals surface area contributed by atoms with Crippen LogP contribution in [0.15, 0.2) is 72.8 Å². The molecule has 2 fully saturated rings. The maximum atomic E-state index is 13.6. The van der Waals surface area contributed by atoms with Crippen LogP contribution in [-0.4, -0.2) is 43.0 Å². The number of amides is 3. The van der Waals surface area contributed by atoms with Gasteiger partial charge in [-0.3, -0.25) is 4.79 Å². The average molecular weight is 525 g/mol. The first-order valence-electron chi connectivity index (χ1n) is 14.4. The second-order valence-electron chi connectivity index (χ2n) is 11.2. The lowest BCUT2D eigenvalue weighted by atomic mass is 9.89. The van der Waals surface area contributed by atoms with Gasteiger partial charge in [-0.15, -0.1) is 0 Å². The first-order valence-corrected chi connectivity index (χ1v) is 14.4. The molecule has 6 heteroatoms. The number of anilines is 3. The molecule has 0 bridgehead atoms. The normalized spacial score (nSPS) is 16.0. The van der Waals surface area contributed by atoms with Gasteiger partial charge >= 0.3 is 6.03 Å². The Labute approximate surface area is 232 Å². The fraction of sp³-hybridized carbons (Fsp3) is 0.394. The highest BCUT2D eigenvalue weighted by atomic mass is 16.2. The van der Waals surface area contributed by atoms with E-state index in [2.05, 4.69) is 59.7 Å². The summed E-state index contributed by atoms with van der Waals surface area (Å²) in [4.78, 5) is 30.7. The lowest BCUT2D eigenvalue weighted by Crippen LogP contribution is -2.36. The number of carbonyl (C=O) groups excluding carboxylic acids is 2. The molecule has 0 unspecified atom stereocenters. The van der Waals surface area contributed by atoms with Crippen molar-refractivity contribution in [3.8, 4) is 0 Å². The maximum absolute atomic E-state index is 13.6. The molecule has 3 amide bonds. The largest absolute Gasteiger partial charge is 0.371 e. The number of carbonyl (C=O) groups is 2. The van der Waals surface area contributed by atoms with Gasteiger partial charge in [0.15, 0.2) is 0 Å². The van der Waals surface area contributed by atoms with Crippen LogP contribution < -0.4 is 15.5 Å². The Balaban J connectivity index is 1.28. The molecule has 0 saturated carbocycles. The van der Waals surface area contributed by atoms with Gasteiger partial charge in [0.2, 0.25) is 0 Å². The van der Waals surface area contributed by atoms with Gasteiger partial charge in [-0.25, -0.2) is 4.79 Å². The van der Waals surface area contributed by atoms with Gasteiger partial charge in [-0.2, -0.15) is 0 Å². The molecule has 0 atom stereocenters. The Morgan fingerprint density at radius 2 is 1.46 bits per heavy atom. The third-order valence-electron chi connectivity index (χ3n) is 8.04. The van der Waals surface area contributed by atoms with E-state index in [1.54, 1.807) is 0 Å². The van der Waals surface area contributed by atoms with Crippen LogP contribution in [0, 0.1) is 5.92 Å². The highest BCUT2D eigenvalue weighted by molar-refractivity contribution is 6.04. The van der Waals surface area contributed by atoms with Crippen molar-refractivity contribution in [3.05, 3.63) is 89.5 Å². The van der Waals surface area contributed by atoms with Gasteiger partial charge in [-0.1, -0.05) is 56.3 Å². The number of nitrogens with one attached hydrogen (secondary N) is 2. The molecule has 2 heterocycles. The highest BCUT2D eigenvalue weighted by Crippen LogP contribution is 2.31. The summed E-state index contributed by atoms with van der Waals surface area (Å²) in [5, 5.41) is 5.85. The van der Waals surface area contributed by atoms with Crippen LogP contribution in [0.25, 0.3) is 0 Å². The smallest absolute Gasteiger partial charge is 0.323 e. The highest BCUT2D eigenvalue weighted by Gasteiger charge is 2.27. The number of urea groups is 1. The minimum atomic E-state index is -0.318. The van der Waals surface area contributed by atoms with Crippen molar-refractivity contribution in [1.82, 2.24) is 4.90 Å². The average Bonchev–Trinajstić information content (AvgIpc) is 3.49. The maximum Gasteiger partial charge on any atom is 0.323 e. The van der Waals surface area contributed by atoms with Crippen molar-refractivity contribution in [3.63, 3.8) is 0 Å². The number of piperidine rings is 1. The molecule has 2 saturated heterocycles. The van der Waals surface area contributed by atoms with Gasteiger partial charge in [0.1, 0.15) is 0 Å². The molecule has 0 radical (unpaired) electrons. The molecule has 3 aromatic carbocycles. The molecule has 3 aromatic rings. The Bertz CT molecular complexity index is 1260. The molecule has 2 aliphatic rings. The SMILES string of the molecule is CC(C)c1ccc(NC(=O)Nc2ccc(N3CCC(Cc4ccccc4)CC3)c(C(=O)N3CCCC3)c2)cc1. The van der Waals surface area contributed by atoms with Crippen molar-refractivity contribution >= 4 is 29.0 Å². The fourth-order valence-corrected chi connectivity index (χ4v) is 5.72. The van der Waals surface area contributed by atoms with E-state index < -0.39 is 0 Å². The summed E-state index contributed by atoms with van der Waals surface area (Å²) in [7, 11) is 0. The third kappa shape index (κ3) is 6.80. The first-order chi connectivity index (χ1) is 19.0. The Morgan fingerprint density at radius 3 is 2.13 bits per heavy atom. The van der Waals surface area contributed by atoms with Crippen LogP contribution >= 0.6 is 0 Å². The third-order valence-corrected chi connectivity index (χ3v) is 8.04. The van der Waals surface area contributed by atoms with E-state index in [9.17, 15) is 9.59 Å². The van der Waals surface area contributed by atoms with E-state index in [1.807, 2.05) is 47.4 Å². The van der Waals surface area contributed by atoms with Gasteiger partial charge in [0.05, 0.1) is 5.56 Å². The molecular weight excluding hydrogens is 484 g/mol. The number of hydrogen-bond acceptors (Lipinski definition) is 3. The van der Waals surface area contributed by atoms with E-state index in [1.165, 1.54) is 11.1 Å². The standard InChI is InChI=1S/C33H40N4O2/c1-24(2)27-10-12-28(13-11-27)34-33(39)35-29-14-15-31(30(23-29)32(38)37-18-6-7-19-37)36-20-16-26(17-21-36)22-25-8-4-3-5-9-25/h3-5,8-15,23-24,26H,6-7,16-22H2,1-2H3,(H2,34,35,39).